The van der Waals surface area contributed by atoms with Crippen LogP contribution in [0.25, 0.3) is 0 Å². The van der Waals surface area contributed by atoms with E-state index in [1.54, 1.807) is 11.3 Å². The molecule has 2 aromatic rings. The Morgan fingerprint density at radius 3 is 2.88 bits per heavy atom. The Kier molecular flexibility index (Phi) is 4.38. The van der Waals surface area contributed by atoms with Gasteiger partial charge in [-0.05, 0) is 58.2 Å². The van der Waals surface area contributed by atoms with Gasteiger partial charge in [0.1, 0.15) is 0 Å². The number of halogens is 2. The van der Waals surface area contributed by atoms with E-state index in [-0.39, 0.29) is 0 Å². The fraction of sp³-hybridized carbons (Fsp3) is 0.250. The lowest BCUT2D eigenvalue weighted by molar-refractivity contribution is 0.905. The van der Waals surface area contributed by atoms with Crippen LogP contribution in [0.5, 0.6) is 0 Å². The zero-order valence-electron chi connectivity index (χ0n) is 8.78. The monoisotopic (exact) mass is 407 g/mol. The number of thiophene rings is 1. The summed E-state index contributed by atoms with van der Waals surface area (Å²) in [6.45, 7) is 2.06. The Bertz CT molecular complexity index is 466. The number of hydrogen-bond acceptors (Lipinski definition) is 2. The molecule has 0 saturated heterocycles. The molecule has 0 spiro atoms. The van der Waals surface area contributed by atoms with Gasteiger partial charge in [-0.1, -0.05) is 22.0 Å². The topological polar surface area (TPSA) is 12.9 Å². The van der Waals surface area contributed by atoms with Gasteiger partial charge in [-0.3, -0.25) is 4.98 Å². The molecule has 0 radical (unpaired) electrons. The molecule has 1 nitrogen and oxygen atoms in total. The van der Waals surface area contributed by atoms with Crippen LogP contribution in [0.1, 0.15) is 21.6 Å². The van der Waals surface area contributed by atoms with Gasteiger partial charge in [0, 0.05) is 23.1 Å². The normalized spacial score (nSPS) is 12.7. The number of nitrogens with zero attached hydrogens (tertiary/aromatic N) is 1. The van der Waals surface area contributed by atoms with Crippen molar-refractivity contribution in [3.05, 3.63) is 49.5 Å². The van der Waals surface area contributed by atoms with E-state index in [1.165, 1.54) is 14.0 Å². The summed E-state index contributed by atoms with van der Waals surface area (Å²) in [5.74, 6) is 0. The molecule has 0 saturated carbocycles. The minimum absolute atomic E-state index is 0.363. The van der Waals surface area contributed by atoms with E-state index in [1.807, 2.05) is 6.20 Å². The standard InChI is InChI=1S/C12H11BrINS/c1-8-2-3-10(15-6-8)5-11(13)9-4-12(14)16-7-9/h2-4,6-7,11H,5H2,1H3. The Morgan fingerprint density at radius 1 is 1.50 bits per heavy atom. The summed E-state index contributed by atoms with van der Waals surface area (Å²) < 4.78 is 1.33. The largest absolute Gasteiger partial charge is 0.261 e. The minimum atomic E-state index is 0.363. The molecule has 1 atom stereocenters. The fourth-order valence-corrected chi connectivity index (χ4v) is 3.61. The molecule has 0 aliphatic heterocycles. The van der Waals surface area contributed by atoms with Crippen molar-refractivity contribution in [3.63, 3.8) is 0 Å². The molecule has 0 aliphatic rings. The quantitative estimate of drug-likeness (QED) is 0.529. The summed E-state index contributed by atoms with van der Waals surface area (Å²) in [7, 11) is 0. The molecule has 2 aromatic heterocycles. The zero-order chi connectivity index (χ0) is 11.5. The van der Waals surface area contributed by atoms with Crippen LogP contribution in [0.3, 0.4) is 0 Å². The highest BCUT2D eigenvalue weighted by Crippen LogP contribution is 2.30. The molecule has 1 unspecified atom stereocenters. The van der Waals surface area contributed by atoms with Crippen molar-refractivity contribution >= 4 is 49.9 Å². The SMILES string of the molecule is Cc1ccc(CC(Br)c2csc(I)c2)nc1. The Balaban J connectivity index is 2.07. The van der Waals surface area contributed by atoms with Crippen LogP contribution in [0.2, 0.25) is 0 Å². The lowest BCUT2D eigenvalue weighted by Gasteiger charge is -2.07. The van der Waals surface area contributed by atoms with E-state index >= 15 is 0 Å². The number of pyridine rings is 1. The highest BCUT2D eigenvalue weighted by Gasteiger charge is 2.10. The molecule has 0 amide bonds. The number of aryl methyl sites for hydroxylation is 1. The maximum Gasteiger partial charge on any atom is 0.0656 e. The molecule has 0 N–H and O–H groups in total. The smallest absolute Gasteiger partial charge is 0.0656 e. The lowest BCUT2D eigenvalue weighted by atomic mass is 10.1. The van der Waals surface area contributed by atoms with Crippen molar-refractivity contribution in [1.29, 1.82) is 0 Å². The average molecular weight is 408 g/mol. The third-order valence-corrected chi connectivity index (χ3v) is 4.97. The maximum atomic E-state index is 4.42. The first kappa shape index (κ1) is 12.5. The summed E-state index contributed by atoms with van der Waals surface area (Å²) in [6.07, 6.45) is 2.86. The Labute approximate surface area is 122 Å². The number of alkyl halides is 1. The first-order valence-corrected chi connectivity index (χ1v) is 7.82. The van der Waals surface area contributed by atoms with Crippen LogP contribution >= 0.6 is 49.9 Å². The van der Waals surface area contributed by atoms with Crippen molar-refractivity contribution in [2.45, 2.75) is 18.2 Å². The highest BCUT2D eigenvalue weighted by molar-refractivity contribution is 14.1. The van der Waals surface area contributed by atoms with Crippen molar-refractivity contribution in [2.75, 3.05) is 0 Å². The first-order chi connectivity index (χ1) is 7.65. The third-order valence-electron chi connectivity index (χ3n) is 2.31. The van der Waals surface area contributed by atoms with Gasteiger partial charge in [0.15, 0.2) is 0 Å². The molecule has 0 aromatic carbocycles. The van der Waals surface area contributed by atoms with Gasteiger partial charge in [0.05, 0.1) is 2.88 Å². The first-order valence-electron chi connectivity index (χ1n) is 4.94. The second-order valence-electron chi connectivity index (χ2n) is 3.68. The predicted molar refractivity (Wildman–Crippen MR) is 81.4 cm³/mol. The van der Waals surface area contributed by atoms with Gasteiger partial charge in [0.2, 0.25) is 0 Å². The second kappa shape index (κ2) is 5.60. The summed E-state index contributed by atoms with van der Waals surface area (Å²) in [6, 6.07) is 6.43. The van der Waals surface area contributed by atoms with Gasteiger partial charge < -0.3 is 0 Å². The fourth-order valence-electron chi connectivity index (χ4n) is 1.41. The summed E-state index contributed by atoms with van der Waals surface area (Å²) in [5, 5.41) is 2.20. The van der Waals surface area contributed by atoms with E-state index in [9.17, 15) is 0 Å². The molecule has 84 valence electrons. The third kappa shape index (κ3) is 3.28. The van der Waals surface area contributed by atoms with E-state index in [2.05, 4.69) is 74.0 Å². The molecular weight excluding hydrogens is 397 g/mol. The molecular formula is C12H11BrINS. The van der Waals surface area contributed by atoms with E-state index < -0.39 is 0 Å². The van der Waals surface area contributed by atoms with E-state index in [0.29, 0.717) is 4.83 Å². The molecule has 4 heteroatoms. The number of rotatable bonds is 3. The summed E-state index contributed by atoms with van der Waals surface area (Å²) in [4.78, 5) is 4.79. The average Bonchev–Trinajstić information content (AvgIpc) is 2.68. The van der Waals surface area contributed by atoms with Crippen molar-refractivity contribution in [2.24, 2.45) is 0 Å². The van der Waals surface area contributed by atoms with Gasteiger partial charge >= 0.3 is 0 Å². The lowest BCUT2D eigenvalue weighted by Crippen LogP contribution is -1.96. The van der Waals surface area contributed by atoms with Gasteiger partial charge in [0.25, 0.3) is 0 Å². The molecule has 2 rings (SSSR count). The van der Waals surface area contributed by atoms with Crippen molar-refractivity contribution in [1.82, 2.24) is 4.98 Å². The van der Waals surface area contributed by atoms with Crippen LogP contribution in [-0.2, 0) is 6.42 Å². The second-order valence-corrected chi connectivity index (χ2v) is 7.59. The molecule has 0 fully saturated rings. The van der Waals surface area contributed by atoms with Gasteiger partial charge in [-0.2, -0.15) is 0 Å². The number of hydrogen-bond donors (Lipinski definition) is 0. The summed E-state index contributed by atoms with van der Waals surface area (Å²) in [5.41, 5.74) is 3.69. The predicted octanol–water partition coefficient (Wildman–Crippen LogP) is 4.73. The van der Waals surface area contributed by atoms with Crippen molar-refractivity contribution < 1.29 is 0 Å². The van der Waals surface area contributed by atoms with Crippen LogP contribution in [-0.4, -0.2) is 4.98 Å². The molecule has 16 heavy (non-hydrogen) atoms. The molecule has 2 heterocycles. The van der Waals surface area contributed by atoms with Gasteiger partial charge in [-0.25, -0.2) is 0 Å². The van der Waals surface area contributed by atoms with Crippen LogP contribution < -0.4 is 0 Å². The van der Waals surface area contributed by atoms with E-state index in [0.717, 1.165) is 12.1 Å². The molecule has 0 bridgehead atoms. The van der Waals surface area contributed by atoms with Gasteiger partial charge in [-0.15, -0.1) is 11.3 Å². The highest BCUT2D eigenvalue weighted by atomic mass is 127. The Hall–Kier alpha value is 0.0600. The van der Waals surface area contributed by atoms with Crippen LogP contribution in [0.15, 0.2) is 29.8 Å². The van der Waals surface area contributed by atoms with Crippen molar-refractivity contribution in [3.8, 4) is 0 Å². The molecule has 0 aliphatic carbocycles. The summed E-state index contributed by atoms with van der Waals surface area (Å²) >= 11 is 7.85. The van der Waals surface area contributed by atoms with Crippen LogP contribution in [0, 0.1) is 9.81 Å². The minimum Gasteiger partial charge on any atom is -0.261 e. The maximum absolute atomic E-state index is 4.42. The number of aromatic nitrogens is 1. The Morgan fingerprint density at radius 2 is 2.31 bits per heavy atom. The van der Waals surface area contributed by atoms with E-state index in [4.69, 9.17) is 0 Å². The zero-order valence-corrected chi connectivity index (χ0v) is 13.3. The van der Waals surface area contributed by atoms with Crippen LogP contribution in [0.4, 0.5) is 0 Å².